The van der Waals surface area contributed by atoms with Gasteiger partial charge in [-0.05, 0) is 108 Å². The Hall–Kier alpha value is -7.12. The average molecular weight is 655 g/mol. The van der Waals surface area contributed by atoms with E-state index in [1.807, 2.05) is 67.3 Å². The molecule has 7 aromatic heterocycles. The van der Waals surface area contributed by atoms with Gasteiger partial charge in [-0.2, -0.15) is 0 Å². The van der Waals surface area contributed by atoms with Crippen molar-refractivity contribution in [1.29, 1.82) is 0 Å². The SMILES string of the molecule is c1ccc(-c2ccccc2-c2ccc3c(c2)c2ncccc2n3-c2ccc3c(c2)c2ncccc2n3-c2ccc3oc4cccnc4c3c2)nc1. The van der Waals surface area contributed by atoms with Gasteiger partial charge in [0.15, 0.2) is 5.58 Å². The quantitative estimate of drug-likeness (QED) is 0.189. The molecule has 0 spiro atoms. The van der Waals surface area contributed by atoms with Gasteiger partial charge in [0.1, 0.15) is 11.1 Å². The van der Waals surface area contributed by atoms with Crippen LogP contribution in [0.3, 0.4) is 0 Å². The van der Waals surface area contributed by atoms with Gasteiger partial charge in [-0.25, -0.2) is 0 Å². The molecule has 0 atom stereocenters. The molecule has 0 unspecified atom stereocenters. The molecule has 11 aromatic rings. The second-order valence-corrected chi connectivity index (χ2v) is 12.7. The lowest BCUT2D eigenvalue weighted by Crippen LogP contribution is -1.96. The summed E-state index contributed by atoms with van der Waals surface area (Å²) in [5.41, 5.74) is 15.0. The molecule has 0 saturated carbocycles. The number of fused-ring (bicyclic) bond motifs is 9. The van der Waals surface area contributed by atoms with E-state index < -0.39 is 0 Å². The number of nitrogens with zero attached hydrogens (tertiary/aromatic N) is 6. The molecule has 0 aliphatic heterocycles. The van der Waals surface area contributed by atoms with E-state index in [0.29, 0.717) is 0 Å². The smallest absolute Gasteiger partial charge is 0.153 e. The van der Waals surface area contributed by atoms with E-state index >= 15 is 0 Å². The molecule has 0 fully saturated rings. The fourth-order valence-corrected chi connectivity index (χ4v) is 7.73. The summed E-state index contributed by atoms with van der Waals surface area (Å²) in [4.78, 5) is 19.1. The highest BCUT2D eigenvalue weighted by Gasteiger charge is 2.19. The van der Waals surface area contributed by atoms with E-state index in [1.54, 1.807) is 0 Å². The summed E-state index contributed by atoms with van der Waals surface area (Å²) < 4.78 is 10.7. The van der Waals surface area contributed by atoms with Crippen LogP contribution in [0, 0.1) is 0 Å². The first kappa shape index (κ1) is 27.8. The molecular weight excluding hydrogens is 629 g/mol. The van der Waals surface area contributed by atoms with Crippen molar-refractivity contribution >= 4 is 65.9 Å². The van der Waals surface area contributed by atoms with Gasteiger partial charge in [-0.15, -0.1) is 0 Å². The zero-order chi connectivity index (χ0) is 33.5. The number of pyridine rings is 4. The van der Waals surface area contributed by atoms with Gasteiger partial charge < -0.3 is 13.6 Å². The van der Waals surface area contributed by atoms with E-state index in [1.165, 1.54) is 0 Å². The molecular formula is C44H26N6O. The van der Waals surface area contributed by atoms with Crippen LogP contribution < -0.4 is 0 Å². The maximum Gasteiger partial charge on any atom is 0.153 e. The average Bonchev–Trinajstić information content (AvgIpc) is 3.85. The van der Waals surface area contributed by atoms with Crippen LogP contribution in [-0.2, 0) is 0 Å². The number of hydrogen-bond acceptors (Lipinski definition) is 5. The highest BCUT2D eigenvalue weighted by atomic mass is 16.3. The lowest BCUT2D eigenvalue weighted by atomic mass is 9.96. The summed E-state index contributed by atoms with van der Waals surface area (Å²) in [5, 5.41) is 3.14. The Morgan fingerprint density at radius 3 is 1.75 bits per heavy atom. The predicted octanol–water partition coefficient (Wildman–Crippen LogP) is 10.7. The Balaban J connectivity index is 1.11. The summed E-state index contributed by atoms with van der Waals surface area (Å²) >= 11 is 0. The minimum atomic E-state index is 0.781. The van der Waals surface area contributed by atoms with Crippen LogP contribution in [0.2, 0.25) is 0 Å². The van der Waals surface area contributed by atoms with Crippen molar-refractivity contribution in [2.45, 2.75) is 0 Å². The molecule has 0 bridgehead atoms. The third-order valence-electron chi connectivity index (χ3n) is 9.93. The lowest BCUT2D eigenvalue weighted by Gasteiger charge is -2.11. The summed E-state index contributed by atoms with van der Waals surface area (Å²) in [5.74, 6) is 0. The van der Waals surface area contributed by atoms with E-state index in [0.717, 1.165) is 99.7 Å². The highest BCUT2D eigenvalue weighted by molar-refractivity contribution is 6.11. The Bertz CT molecular complexity index is 3150. The van der Waals surface area contributed by atoms with Crippen molar-refractivity contribution in [3.63, 3.8) is 0 Å². The van der Waals surface area contributed by atoms with Gasteiger partial charge in [0, 0.05) is 57.9 Å². The van der Waals surface area contributed by atoms with Crippen LogP contribution in [0.5, 0.6) is 0 Å². The molecule has 7 nitrogen and oxygen atoms in total. The van der Waals surface area contributed by atoms with E-state index in [-0.39, 0.29) is 0 Å². The van der Waals surface area contributed by atoms with E-state index in [4.69, 9.17) is 14.4 Å². The molecule has 7 heteroatoms. The number of rotatable bonds is 4. The molecule has 51 heavy (non-hydrogen) atoms. The zero-order valence-corrected chi connectivity index (χ0v) is 27.1. The first-order chi connectivity index (χ1) is 25.3. The molecule has 0 aliphatic rings. The Kier molecular flexibility index (Phi) is 5.83. The largest absolute Gasteiger partial charge is 0.454 e. The fourth-order valence-electron chi connectivity index (χ4n) is 7.73. The molecule has 0 amide bonds. The molecule has 0 radical (unpaired) electrons. The standard InChI is InChI=1S/C44H26N6O/c1-2-9-31(35-10-3-4-20-45-35)30(8-1)27-14-17-36-32(24-27)42-38(11-5-21-46-42)49(36)28-15-18-37-33(25-28)43-39(12-6-22-47-43)50(37)29-16-19-40-34(26-29)44-41(51-40)13-7-23-48-44/h1-26H. The predicted molar refractivity (Wildman–Crippen MR) is 204 cm³/mol. The maximum atomic E-state index is 6.09. The number of hydrogen-bond donors (Lipinski definition) is 0. The van der Waals surface area contributed by atoms with Gasteiger partial charge in [0.05, 0.1) is 38.8 Å². The third kappa shape index (κ3) is 4.12. The van der Waals surface area contributed by atoms with Crippen LogP contribution >= 0.6 is 0 Å². The Morgan fingerprint density at radius 2 is 1.00 bits per heavy atom. The maximum absolute atomic E-state index is 6.09. The minimum absolute atomic E-state index is 0.781. The minimum Gasteiger partial charge on any atom is -0.454 e. The van der Waals surface area contributed by atoms with Crippen molar-refractivity contribution in [1.82, 2.24) is 29.1 Å². The Labute approximate surface area is 290 Å². The summed E-state index contributed by atoms with van der Waals surface area (Å²) in [6.45, 7) is 0. The lowest BCUT2D eigenvalue weighted by molar-refractivity contribution is 0.668. The van der Waals surface area contributed by atoms with Crippen molar-refractivity contribution in [2.75, 3.05) is 0 Å². The highest BCUT2D eigenvalue weighted by Crippen LogP contribution is 2.39. The first-order valence-electron chi connectivity index (χ1n) is 16.9. The summed E-state index contributed by atoms with van der Waals surface area (Å²) in [6, 6.07) is 46.2. The zero-order valence-electron chi connectivity index (χ0n) is 27.1. The van der Waals surface area contributed by atoms with Crippen LogP contribution in [0.25, 0.3) is 99.7 Å². The van der Waals surface area contributed by atoms with Gasteiger partial charge >= 0.3 is 0 Å². The van der Waals surface area contributed by atoms with Crippen LogP contribution in [0.1, 0.15) is 0 Å². The second kappa shape index (κ2) is 10.7. The van der Waals surface area contributed by atoms with Crippen LogP contribution in [0.15, 0.2) is 163 Å². The molecule has 4 aromatic carbocycles. The monoisotopic (exact) mass is 654 g/mol. The number of benzene rings is 4. The van der Waals surface area contributed by atoms with E-state index in [2.05, 4.69) is 110 Å². The first-order valence-corrected chi connectivity index (χ1v) is 16.9. The van der Waals surface area contributed by atoms with Crippen LogP contribution in [0.4, 0.5) is 0 Å². The normalized spacial score (nSPS) is 11.9. The molecule has 0 N–H and O–H groups in total. The van der Waals surface area contributed by atoms with Gasteiger partial charge in [0.2, 0.25) is 0 Å². The molecule has 11 rings (SSSR count). The molecule has 0 saturated heterocycles. The molecule has 7 heterocycles. The second-order valence-electron chi connectivity index (χ2n) is 12.7. The summed E-state index contributed by atoms with van der Waals surface area (Å²) in [6.07, 6.45) is 7.39. The topological polar surface area (TPSA) is 74.6 Å². The number of aromatic nitrogens is 6. The third-order valence-corrected chi connectivity index (χ3v) is 9.93. The van der Waals surface area contributed by atoms with Gasteiger partial charge in [-0.3, -0.25) is 19.9 Å². The van der Waals surface area contributed by atoms with Gasteiger partial charge in [-0.1, -0.05) is 36.4 Å². The summed E-state index contributed by atoms with van der Waals surface area (Å²) in [7, 11) is 0. The number of furan rings is 1. The van der Waals surface area contributed by atoms with E-state index in [9.17, 15) is 0 Å². The van der Waals surface area contributed by atoms with Crippen LogP contribution in [-0.4, -0.2) is 29.1 Å². The van der Waals surface area contributed by atoms with Crippen molar-refractivity contribution in [2.24, 2.45) is 0 Å². The van der Waals surface area contributed by atoms with Crippen molar-refractivity contribution < 1.29 is 4.42 Å². The van der Waals surface area contributed by atoms with Crippen molar-refractivity contribution in [3.8, 4) is 33.8 Å². The molecule has 238 valence electrons. The molecule has 0 aliphatic carbocycles. The van der Waals surface area contributed by atoms with Gasteiger partial charge in [0.25, 0.3) is 0 Å². The van der Waals surface area contributed by atoms with Crippen molar-refractivity contribution in [3.05, 3.63) is 158 Å². The fraction of sp³-hybridized carbons (Fsp3) is 0. The Morgan fingerprint density at radius 1 is 0.392 bits per heavy atom.